The van der Waals surface area contributed by atoms with Crippen molar-refractivity contribution in [3.63, 3.8) is 0 Å². The molecule has 0 spiro atoms. The molecule has 1 N–H and O–H groups in total. The average Bonchev–Trinajstić information content (AvgIpc) is 3.61. The monoisotopic (exact) mass is 509 g/mol. The van der Waals surface area contributed by atoms with Crippen molar-refractivity contribution in [2.24, 2.45) is 0 Å². The van der Waals surface area contributed by atoms with Crippen LogP contribution < -0.4 is 18.9 Å². The number of methoxy groups -OCH3 is 3. The molecule has 3 atom stereocenters. The van der Waals surface area contributed by atoms with E-state index in [1.807, 2.05) is 13.0 Å². The predicted octanol–water partition coefficient (Wildman–Crippen LogP) is 3.64. The number of amides is 1. The van der Waals surface area contributed by atoms with Gasteiger partial charge in [-0.25, -0.2) is 0 Å². The fourth-order valence-electron chi connectivity index (χ4n) is 5.41. The zero-order chi connectivity index (χ0) is 26.3. The van der Waals surface area contributed by atoms with Gasteiger partial charge < -0.3 is 33.7 Å². The fraction of sp³-hybridized carbons (Fsp3) is 0.429. The Balaban J connectivity index is 1.66. The number of ether oxygens (including phenoxy) is 5. The molecular weight excluding hydrogens is 478 g/mol. The van der Waals surface area contributed by atoms with Crippen LogP contribution in [0.15, 0.2) is 35.9 Å². The van der Waals surface area contributed by atoms with E-state index in [1.54, 1.807) is 24.3 Å². The summed E-state index contributed by atoms with van der Waals surface area (Å²) >= 11 is 0. The smallest absolute Gasteiger partial charge is 0.295 e. The van der Waals surface area contributed by atoms with E-state index in [2.05, 4.69) is 0 Å². The van der Waals surface area contributed by atoms with Crippen LogP contribution in [0.25, 0.3) is 5.76 Å². The lowest BCUT2D eigenvalue weighted by Crippen LogP contribution is -2.36. The molecule has 2 fully saturated rings. The third-order valence-corrected chi connectivity index (χ3v) is 7.14. The van der Waals surface area contributed by atoms with E-state index in [-0.39, 0.29) is 30.1 Å². The number of benzene rings is 2. The number of aliphatic hydroxyl groups is 1. The van der Waals surface area contributed by atoms with Crippen LogP contribution >= 0.6 is 0 Å². The summed E-state index contributed by atoms with van der Waals surface area (Å²) in [5.74, 6) is 0.218. The van der Waals surface area contributed by atoms with Crippen molar-refractivity contribution >= 4 is 17.4 Å². The van der Waals surface area contributed by atoms with Crippen LogP contribution in [0.1, 0.15) is 42.5 Å². The van der Waals surface area contributed by atoms with E-state index < -0.39 is 17.7 Å². The fourth-order valence-corrected chi connectivity index (χ4v) is 5.41. The maximum atomic E-state index is 13.4. The van der Waals surface area contributed by atoms with Gasteiger partial charge in [0.05, 0.1) is 39.0 Å². The van der Waals surface area contributed by atoms with Gasteiger partial charge in [-0.15, -0.1) is 0 Å². The first kappa shape index (κ1) is 25.0. The van der Waals surface area contributed by atoms with Crippen molar-refractivity contribution in [2.45, 2.75) is 44.4 Å². The van der Waals surface area contributed by atoms with Crippen molar-refractivity contribution in [1.82, 2.24) is 4.90 Å². The molecule has 5 rings (SSSR count). The Morgan fingerprint density at radius 3 is 2.43 bits per heavy atom. The summed E-state index contributed by atoms with van der Waals surface area (Å²) in [6.45, 7) is 2.80. The number of aliphatic hydroxyl groups excluding tert-OH is 1. The highest BCUT2D eigenvalue weighted by Gasteiger charge is 2.47. The number of fused-ring (bicyclic) bond motifs is 1. The standard InChI is InChI=1S/C28H31NO8/c1-15-10-17-11-16(7-8-20(17)37-15)25(30)23-24(18-12-21(33-2)27(35-4)22(13-18)34-3)29(28(32)26(23)31)14-19-6-5-9-36-19/h7-8,11-13,15,19,24,30H,5-6,9-10,14H2,1-4H3/t15-,19-,24-/m0/s1. The molecule has 0 radical (unpaired) electrons. The summed E-state index contributed by atoms with van der Waals surface area (Å²) in [6.07, 6.45) is 2.21. The van der Waals surface area contributed by atoms with Gasteiger partial charge in [-0.2, -0.15) is 0 Å². The van der Waals surface area contributed by atoms with Crippen LogP contribution in [-0.2, 0) is 20.7 Å². The summed E-state index contributed by atoms with van der Waals surface area (Å²) < 4.78 is 28.1. The van der Waals surface area contributed by atoms with Gasteiger partial charge >= 0.3 is 0 Å². The van der Waals surface area contributed by atoms with Gasteiger partial charge in [0.15, 0.2) is 11.5 Å². The average molecular weight is 510 g/mol. The van der Waals surface area contributed by atoms with Gasteiger partial charge in [-0.3, -0.25) is 9.59 Å². The molecule has 2 aromatic rings. The van der Waals surface area contributed by atoms with E-state index in [1.165, 1.54) is 26.2 Å². The Morgan fingerprint density at radius 1 is 1.08 bits per heavy atom. The van der Waals surface area contributed by atoms with Crippen LogP contribution in [0.4, 0.5) is 0 Å². The lowest BCUT2D eigenvalue weighted by atomic mass is 9.93. The van der Waals surface area contributed by atoms with Crippen LogP contribution in [-0.4, -0.2) is 68.4 Å². The SMILES string of the molecule is COc1cc([C@H]2C(=C(O)c3ccc4c(c3)C[C@H](C)O4)C(=O)C(=O)N2C[C@@H]2CCCO2)cc(OC)c1OC. The Hall–Kier alpha value is -3.72. The molecule has 0 saturated carbocycles. The van der Waals surface area contributed by atoms with Gasteiger partial charge in [-0.1, -0.05) is 0 Å². The molecule has 3 aliphatic heterocycles. The van der Waals surface area contributed by atoms with Crippen molar-refractivity contribution < 1.29 is 38.4 Å². The number of hydrogen-bond donors (Lipinski definition) is 1. The number of rotatable bonds is 7. The molecule has 3 heterocycles. The molecule has 2 saturated heterocycles. The molecule has 196 valence electrons. The summed E-state index contributed by atoms with van der Waals surface area (Å²) in [6, 6.07) is 7.82. The topological polar surface area (TPSA) is 104 Å². The third kappa shape index (κ3) is 4.37. The maximum Gasteiger partial charge on any atom is 0.295 e. The second-order valence-corrected chi connectivity index (χ2v) is 9.50. The highest BCUT2D eigenvalue weighted by molar-refractivity contribution is 6.46. The Kier molecular flexibility index (Phi) is 6.72. The van der Waals surface area contributed by atoms with Gasteiger partial charge in [0, 0.05) is 25.1 Å². The Labute approximate surface area is 215 Å². The molecule has 0 bridgehead atoms. The molecule has 0 unspecified atom stereocenters. The highest BCUT2D eigenvalue weighted by Crippen LogP contribution is 2.46. The lowest BCUT2D eigenvalue weighted by Gasteiger charge is -2.28. The normalized spacial score (nSPS) is 24.2. The molecular formula is C28H31NO8. The zero-order valence-electron chi connectivity index (χ0n) is 21.4. The first-order valence-electron chi connectivity index (χ1n) is 12.4. The van der Waals surface area contributed by atoms with Gasteiger partial charge in [0.25, 0.3) is 11.7 Å². The number of nitrogens with zero attached hydrogens (tertiary/aromatic N) is 1. The molecule has 2 aromatic carbocycles. The third-order valence-electron chi connectivity index (χ3n) is 7.14. The minimum atomic E-state index is -0.874. The summed E-state index contributed by atoms with van der Waals surface area (Å²) in [7, 11) is 4.50. The number of carbonyl (C=O) groups excluding carboxylic acids is 2. The van der Waals surface area contributed by atoms with Crippen molar-refractivity contribution in [3.8, 4) is 23.0 Å². The Bertz CT molecular complexity index is 1240. The molecule has 9 heteroatoms. The summed E-state index contributed by atoms with van der Waals surface area (Å²) in [5.41, 5.74) is 1.94. The van der Waals surface area contributed by atoms with E-state index in [0.29, 0.717) is 41.4 Å². The van der Waals surface area contributed by atoms with Crippen molar-refractivity contribution in [2.75, 3.05) is 34.5 Å². The van der Waals surface area contributed by atoms with E-state index in [9.17, 15) is 14.7 Å². The second-order valence-electron chi connectivity index (χ2n) is 9.50. The van der Waals surface area contributed by atoms with Crippen molar-refractivity contribution in [1.29, 1.82) is 0 Å². The summed E-state index contributed by atoms with van der Waals surface area (Å²) in [5, 5.41) is 11.5. The minimum absolute atomic E-state index is 0.00387. The molecule has 9 nitrogen and oxygen atoms in total. The van der Waals surface area contributed by atoms with Crippen LogP contribution in [0.3, 0.4) is 0 Å². The highest BCUT2D eigenvalue weighted by atomic mass is 16.5. The molecule has 37 heavy (non-hydrogen) atoms. The lowest BCUT2D eigenvalue weighted by molar-refractivity contribution is -0.140. The number of hydrogen-bond acceptors (Lipinski definition) is 8. The second kappa shape index (κ2) is 9.97. The quantitative estimate of drug-likeness (QED) is 0.343. The number of Topliss-reactive ketones (excluding diaryl/α,β-unsaturated/α-hetero) is 1. The molecule has 3 aliphatic rings. The number of carbonyl (C=O) groups is 2. The number of ketones is 1. The van der Waals surface area contributed by atoms with E-state index in [4.69, 9.17) is 23.7 Å². The Morgan fingerprint density at radius 2 is 1.81 bits per heavy atom. The van der Waals surface area contributed by atoms with E-state index >= 15 is 0 Å². The largest absolute Gasteiger partial charge is 0.507 e. The maximum absolute atomic E-state index is 13.4. The van der Waals surface area contributed by atoms with Crippen LogP contribution in [0.5, 0.6) is 23.0 Å². The number of likely N-dealkylation sites (tertiary alicyclic amines) is 1. The summed E-state index contributed by atoms with van der Waals surface area (Å²) in [4.78, 5) is 28.3. The molecule has 0 aliphatic carbocycles. The minimum Gasteiger partial charge on any atom is -0.507 e. The van der Waals surface area contributed by atoms with Gasteiger partial charge in [-0.05, 0) is 61.2 Å². The first-order valence-corrected chi connectivity index (χ1v) is 12.4. The molecule has 1 amide bonds. The van der Waals surface area contributed by atoms with Crippen molar-refractivity contribution in [3.05, 3.63) is 52.6 Å². The van der Waals surface area contributed by atoms with Gasteiger partial charge in [0.2, 0.25) is 5.75 Å². The first-order chi connectivity index (χ1) is 17.9. The zero-order valence-corrected chi connectivity index (χ0v) is 21.4. The predicted molar refractivity (Wildman–Crippen MR) is 134 cm³/mol. The van der Waals surface area contributed by atoms with E-state index in [0.717, 1.165) is 24.2 Å². The van der Waals surface area contributed by atoms with Crippen LogP contribution in [0.2, 0.25) is 0 Å². The molecule has 0 aromatic heterocycles. The van der Waals surface area contributed by atoms with Gasteiger partial charge in [0.1, 0.15) is 17.6 Å². The van der Waals surface area contributed by atoms with Crippen LogP contribution in [0, 0.1) is 0 Å².